The maximum Gasteiger partial charge on any atom is 0.261 e. The summed E-state index contributed by atoms with van der Waals surface area (Å²) in [5.41, 5.74) is 8.72. The van der Waals surface area contributed by atoms with Crippen molar-refractivity contribution in [3.8, 4) is 22.9 Å². The van der Waals surface area contributed by atoms with E-state index < -0.39 is 0 Å². The predicted molar refractivity (Wildman–Crippen MR) is 134 cm³/mol. The van der Waals surface area contributed by atoms with Gasteiger partial charge in [0.05, 0.1) is 42.4 Å². The van der Waals surface area contributed by atoms with E-state index in [1.54, 1.807) is 20.3 Å². The molecule has 2 aliphatic carbocycles. The van der Waals surface area contributed by atoms with E-state index in [0.29, 0.717) is 40.0 Å². The monoisotopic (exact) mass is 473 g/mol. The van der Waals surface area contributed by atoms with E-state index in [9.17, 15) is 9.59 Å². The number of aromatic amines is 2. The van der Waals surface area contributed by atoms with Crippen LogP contribution in [-0.4, -0.2) is 41.1 Å². The Morgan fingerprint density at radius 1 is 1.06 bits per heavy atom. The lowest BCUT2D eigenvalue weighted by atomic mass is 9.83. The fraction of sp³-hybridized carbons (Fsp3) is 0.346. The number of pyridine rings is 1. The third kappa shape index (κ3) is 3.33. The van der Waals surface area contributed by atoms with Gasteiger partial charge in [-0.2, -0.15) is 0 Å². The molecule has 0 aliphatic heterocycles. The van der Waals surface area contributed by atoms with Gasteiger partial charge < -0.3 is 30.5 Å². The molecule has 4 atom stereocenters. The quantitative estimate of drug-likeness (QED) is 0.339. The zero-order chi connectivity index (χ0) is 24.3. The van der Waals surface area contributed by atoms with E-state index in [-0.39, 0.29) is 29.3 Å². The number of hydrogen-bond donors (Lipinski definition) is 4. The maximum atomic E-state index is 13.5. The molecule has 180 valence electrons. The first-order valence-corrected chi connectivity index (χ1v) is 11.8. The summed E-state index contributed by atoms with van der Waals surface area (Å²) in [5.74, 6) is 1.49. The molecule has 6 rings (SSSR count). The molecule has 0 radical (unpaired) electrons. The van der Waals surface area contributed by atoms with Crippen LogP contribution in [0.3, 0.4) is 0 Å². The van der Waals surface area contributed by atoms with Crippen LogP contribution < -0.4 is 26.1 Å². The molecular formula is C26H27N5O4. The first kappa shape index (κ1) is 21.5. The fourth-order valence-corrected chi connectivity index (χ4v) is 6.14. The summed E-state index contributed by atoms with van der Waals surface area (Å²) >= 11 is 0. The van der Waals surface area contributed by atoms with Gasteiger partial charge in [0.15, 0.2) is 11.5 Å². The third-order valence-electron chi connectivity index (χ3n) is 7.70. The number of nitrogens with two attached hydrogens (primary N) is 1. The normalized spacial score (nSPS) is 23.1. The molecule has 9 nitrogen and oxygen atoms in total. The second-order valence-corrected chi connectivity index (χ2v) is 9.49. The number of H-pyrrole nitrogens is 2. The Morgan fingerprint density at radius 3 is 2.54 bits per heavy atom. The van der Waals surface area contributed by atoms with Crippen molar-refractivity contribution in [1.29, 1.82) is 0 Å². The zero-order valence-electron chi connectivity index (χ0n) is 19.6. The van der Waals surface area contributed by atoms with E-state index >= 15 is 0 Å². The van der Waals surface area contributed by atoms with Gasteiger partial charge in [-0.3, -0.25) is 9.59 Å². The minimum Gasteiger partial charge on any atom is -0.493 e. The van der Waals surface area contributed by atoms with Crippen LogP contribution in [0.1, 0.15) is 19.3 Å². The summed E-state index contributed by atoms with van der Waals surface area (Å²) in [6, 6.07) is 11.1. The van der Waals surface area contributed by atoms with Crippen molar-refractivity contribution >= 4 is 33.5 Å². The predicted octanol–water partition coefficient (Wildman–Crippen LogP) is 3.40. The number of primary amides is 1. The van der Waals surface area contributed by atoms with E-state index in [2.05, 4.69) is 15.3 Å². The lowest BCUT2D eigenvalue weighted by molar-refractivity contribution is -0.123. The summed E-state index contributed by atoms with van der Waals surface area (Å²) in [4.78, 5) is 36.9. The van der Waals surface area contributed by atoms with E-state index in [1.165, 1.54) is 0 Å². The van der Waals surface area contributed by atoms with Gasteiger partial charge in [0.1, 0.15) is 11.4 Å². The van der Waals surface area contributed by atoms with Crippen LogP contribution in [0.25, 0.3) is 33.3 Å². The molecule has 2 aromatic carbocycles. The number of nitrogens with one attached hydrogen (secondary N) is 3. The summed E-state index contributed by atoms with van der Waals surface area (Å²) < 4.78 is 11.0. The number of benzene rings is 2. The van der Waals surface area contributed by atoms with Crippen LogP contribution >= 0.6 is 0 Å². The number of carbonyl (C=O) groups is 1. The van der Waals surface area contributed by atoms with Crippen LogP contribution in [0, 0.1) is 17.8 Å². The van der Waals surface area contributed by atoms with Gasteiger partial charge in [-0.05, 0) is 49.3 Å². The smallest absolute Gasteiger partial charge is 0.261 e. The molecule has 4 unspecified atom stereocenters. The number of anilines is 1. The van der Waals surface area contributed by atoms with Crippen LogP contribution in [0.15, 0.2) is 41.2 Å². The molecule has 0 saturated heterocycles. The lowest BCUT2D eigenvalue weighted by Gasteiger charge is -2.31. The molecule has 9 heteroatoms. The van der Waals surface area contributed by atoms with Crippen molar-refractivity contribution in [2.45, 2.75) is 25.3 Å². The average molecular weight is 474 g/mol. The number of hydrogen-bond acceptors (Lipinski definition) is 6. The summed E-state index contributed by atoms with van der Waals surface area (Å²) in [7, 11) is 3.12. The highest BCUT2D eigenvalue weighted by atomic mass is 16.5. The van der Waals surface area contributed by atoms with Gasteiger partial charge in [-0.15, -0.1) is 0 Å². The van der Waals surface area contributed by atoms with Gasteiger partial charge in [-0.1, -0.05) is 12.1 Å². The number of imidazole rings is 1. The largest absolute Gasteiger partial charge is 0.493 e. The number of methoxy groups -OCH3 is 2. The lowest BCUT2D eigenvalue weighted by Crippen LogP contribution is -2.42. The van der Waals surface area contributed by atoms with E-state index in [4.69, 9.17) is 20.2 Å². The summed E-state index contributed by atoms with van der Waals surface area (Å²) in [6.07, 6.45) is 3.00. The molecule has 0 spiro atoms. The molecule has 2 saturated carbocycles. The van der Waals surface area contributed by atoms with Crippen molar-refractivity contribution in [3.05, 3.63) is 46.8 Å². The van der Waals surface area contributed by atoms with Crippen molar-refractivity contribution in [2.24, 2.45) is 23.5 Å². The standard InChI is InChI=1S/C26H27N5O4/c1-34-18-10-14-17(11-19(18)35-2)30-26(33)21(25-28-15-5-3-4-6-16(15)29-25)23(14)31-22-13-8-7-12(9-13)20(22)24(27)32/h3-6,10-13,20,22H,7-9H2,1-2H3,(H2,27,32)(H,28,29)(H2,30,31,33). The summed E-state index contributed by atoms with van der Waals surface area (Å²) in [6.45, 7) is 0. The minimum absolute atomic E-state index is 0.160. The molecule has 2 aliphatic rings. The van der Waals surface area contributed by atoms with Crippen LogP contribution in [-0.2, 0) is 4.79 Å². The number of para-hydroxylation sites is 2. The molecule has 4 aromatic rings. The Hall–Kier alpha value is -4.01. The molecule has 1 amide bonds. The highest BCUT2D eigenvalue weighted by Gasteiger charge is 2.50. The van der Waals surface area contributed by atoms with Gasteiger partial charge in [0.2, 0.25) is 5.91 Å². The number of rotatable bonds is 6. The van der Waals surface area contributed by atoms with Gasteiger partial charge in [0, 0.05) is 17.5 Å². The topological polar surface area (TPSA) is 135 Å². The zero-order valence-corrected chi connectivity index (χ0v) is 19.6. The number of fused-ring (bicyclic) bond motifs is 4. The Labute approximate surface area is 201 Å². The first-order valence-electron chi connectivity index (χ1n) is 11.8. The Bertz CT molecular complexity index is 1490. The number of aromatic nitrogens is 3. The second kappa shape index (κ2) is 8.04. The molecular weight excluding hydrogens is 446 g/mol. The van der Waals surface area contributed by atoms with Crippen LogP contribution in [0.2, 0.25) is 0 Å². The second-order valence-electron chi connectivity index (χ2n) is 9.49. The molecule has 2 heterocycles. The minimum atomic E-state index is -0.301. The van der Waals surface area contributed by atoms with Crippen molar-refractivity contribution in [3.63, 3.8) is 0 Å². The van der Waals surface area contributed by atoms with Crippen molar-refractivity contribution in [1.82, 2.24) is 15.0 Å². The summed E-state index contributed by atoms with van der Waals surface area (Å²) in [5, 5.41) is 4.35. The molecule has 35 heavy (non-hydrogen) atoms. The third-order valence-corrected chi connectivity index (χ3v) is 7.70. The number of carbonyl (C=O) groups excluding carboxylic acids is 1. The first-order chi connectivity index (χ1) is 17.0. The molecule has 2 aromatic heterocycles. The molecule has 2 fully saturated rings. The maximum absolute atomic E-state index is 13.5. The Morgan fingerprint density at radius 2 is 1.80 bits per heavy atom. The van der Waals surface area contributed by atoms with Gasteiger partial charge in [0.25, 0.3) is 5.56 Å². The SMILES string of the molecule is COc1cc2[nH]c(=O)c(-c3nc4ccccc4[nH]3)c(NC3C4CCC(C4)C3C(N)=O)c2cc1OC. The molecule has 2 bridgehead atoms. The Balaban J connectivity index is 1.60. The van der Waals surface area contributed by atoms with E-state index in [0.717, 1.165) is 35.7 Å². The van der Waals surface area contributed by atoms with Crippen molar-refractivity contribution < 1.29 is 14.3 Å². The number of nitrogens with zero attached hydrogens (tertiary/aromatic N) is 1. The highest BCUT2D eigenvalue weighted by Crippen LogP contribution is 2.50. The van der Waals surface area contributed by atoms with Crippen LogP contribution in [0.4, 0.5) is 5.69 Å². The number of ether oxygens (including phenoxy) is 2. The van der Waals surface area contributed by atoms with Gasteiger partial charge >= 0.3 is 0 Å². The average Bonchev–Trinajstić information content (AvgIpc) is 3.57. The van der Waals surface area contributed by atoms with Gasteiger partial charge in [-0.25, -0.2) is 4.98 Å². The van der Waals surface area contributed by atoms with E-state index in [1.807, 2.05) is 30.3 Å². The van der Waals surface area contributed by atoms with Crippen molar-refractivity contribution in [2.75, 3.05) is 19.5 Å². The Kier molecular flexibility index (Phi) is 4.94. The fourth-order valence-electron chi connectivity index (χ4n) is 6.14. The number of amides is 1. The molecule has 5 N–H and O–H groups in total. The van der Waals surface area contributed by atoms with Crippen LogP contribution in [0.5, 0.6) is 11.5 Å². The highest BCUT2D eigenvalue weighted by molar-refractivity contribution is 6.01.